The first-order valence-electron chi connectivity index (χ1n) is 17.5. The number of unbranched alkanes of at least 4 members (excludes halogenated alkanes) is 6. The van der Waals surface area contributed by atoms with Gasteiger partial charge in [0.05, 0.1) is 22.8 Å². The third-order valence-electron chi connectivity index (χ3n) is 8.48. The van der Waals surface area contributed by atoms with Crippen LogP contribution >= 0.6 is 0 Å². The zero-order valence-corrected chi connectivity index (χ0v) is 28.3. The molecule has 0 fully saturated rings. The summed E-state index contributed by atoms with van der Waals surface area (Å²) in [7, 11) is 0. The molecule has 0 aliphatic heterocycles. The Kier molecular flexibility index (Phi) is 15.5. The molecule has 3 aromatic rings. The number of hydrogen-bond acceptors (Lipinski definition) is 2. The summed E-state index contributed by atoms with van der Waals surface area (Å²) in [6, 6.07) is 22.7. The molecule has 0 heterocycles. The summed E-state index contributed by atoms with van der Waals surface area (Å²) in [5, 5.41) is 0. The van der Waals surface area contributed by atoms with Crippen molar-refractivity contribution in [2.45, 2.75) is 138 Å². The SMILES string of the molecule is CCCCCCc1cc(CCCC)cc(N=C(CC)C(C)=Nc2cc(CCCC)c(CCCC)c(-c3ccccc3)c2)c1. The van der Waals surface area contributed by atoms with Gasteiger partial charge >= 0.3 is 0 Å². The van der Waals surface area contributed by atoms with Gasteiger partial charge < -0.3 is 0 Å². The van der Waals surface area contributed by atoms with Crippen molar-refractivity contribution < 1.29 is 0 Å². The third-order valence-corrected chi connectivity index (χ3v) is 8.48. The quantitative estimate of drug-likeness (QED) is 0.0998. The monoisotopic (exact) mass is 578 g/mol. The van der Waals surface area contributed by atoms with Crippen LogP contribution in [-0.4, -0.2) is 11.4 Å². The van der Waals surface area contributed by atoms with Gasteiger partial charge in [0, 0.05) is 0 Å². The van der Waals surface area contributed by atoms with Crippen LogP contribution in [0.3, 0.4) is 0 Å². The molecule has 0 radical (unpaired) electrons. The van der Waals surface area contributed by atoms with Gasteiger partial charge in [-0.1, -0.05) is 110 Å². The largest absolute Gasteiger partial charge is 0.252 e. The summed E-state index contributed by atoms with van der Waals surface area (Å²) in [6.45, 7) is 13.5. The van der Waals surface area contributed by atoms with Crippen LogP contribution in [0.1, 0.15) is 134 Å². The number of aliphatic imine (C=N–C) groups is 2. The Morgan fingerprint density at radius 2 is 1.16 bits per heavy atom. The Labute approximate surface area is 264 Å². The Bertz CT molecular complexity index is 1300. The number of rotatable bonds is 19. The molecule has 0 saturated carbocycles. The van der Waals surface area contributed by atoms with Crippen molar-refractivity contribution in [3.63, 3.8) is 0 Å². The predicted molar refractivity (Wildman–Crippen MR) is 192 cm³/mol. The average Bonchev–Trinajstić information content (AvgIpc) is 3.03. The Balaban J connectivity index is 2.03. The summed E-state index contributed by atoms with van der Waals surface area (Å²) < 4.78 is 0. The van der Waals surface area contributed by atoms with E-state index in [1.165, 1.54) is 97.6 Å². The molecule has 2 heteroatoms. The molecule has 0 unspecified atom stereocenters. The first-order valence-corrected chi connectivity index (χ1v) is 17.5. The third kappa shape index (κ3) is 11.2. The van der Waals surface area contributed by atoms with Crippen LogP contribution < -0.4 is 0 Å². The zero-order chi connectivity index (χ0) is 30.9. The van der Waals surface area contributed by atoms with Crippen LogP contribution in [0, 0.1) is 0 Å². The Hall–Kier alpha value is -3.00. The summed E-state index contributed by atoms with van der Waals surface area (Å²) in [6.07, 6.45) is 17.8. The highest BCUT2D eigenvalue weighted by molar-refractivity contribution is 6.42. The fraction of sp³-hybridized carbons (Fsp3) is 0.512. The number of hydrogen-bond donors (Lipinski definition) is 0. The van der Waals surface area contributed by atoms with Crippen LogP contribution in [0.15, 0.2) is 70.6 Å². The minimum atomic E-state index is 0.864. The average molecular weight is 579 g/mol. The molecule has 43 heavy (non-hydrogen) atoms. The van der Waals surface area contributed by atoms with Gasteiger partial charge in [0.1, 0.15) is 0 Å². The van der Waals surface area contributed by atoms with Crippen LogP contribution in [0.2, 0.25) is 0 Å². The van der Waals surface area contributed by atoms with Gasteiger partial charge in [0.2, 0.25) is 0 Å². The lowest BCUT2D eigenvalue weighted by molar-refractivity contribution is 0.666. The molecule has 3 aromatic carbocycles. The molecule has 2 nitrogen and oxygen atoms in total. The number of benzene rings is 3. The van der Waals surface area contributed by atoms with E-state index in [0.717, 1.165) is 54.9 Å². The van der Waals surface area contributed by atoms with E-state index in [-0.39, 0.29) is 0 Å². The minimum absolute atomic E-state index is 0.864. The number of nitrogens with zero attached hydrogens (tertiary/aromatic N) is 2. The lowest BCUT2D eigenvalue weighted by atomic mass is 9.89. The van der Waals surface area contributed by atoms with Gasteiger partial charge in [-0.15, -0.1) is 0 Å². The molecule has 0 aromatic heterocycles. The van der Waals surface area contributed by atoms with Gasteiger partial charge in [-0.3, -0.25) is 9.98 Å². The maximum atomic E-state index is 5.25. The van der Waals surface area contributed by atoms with Gasteiger partial charge in [-0.25, -0.2) is 0 Å². The van der Waals surface area contributed by atoms with E-state index in [1.54, 1.807) is 0 Å². The van der Waals surface area contributed by atoms with Gasteiger partial charge in [-0.2, -0.15) is 0 Å². The van der Waals surface area contributed by atoms with E-state index in [4.69, 9.17) is 9.98 Å². The van der Waals surface area contributed by atoms with Crippen molar-refractivity contribution in [3.8, 4) is 11.1 Å². The summed E-state index contributed by atoms with van der Waals surface area (Å²) in [5.41, 5.74) is 12.7. The second kappa shape index (κ2) is 19.3. The molecule has 0 aliphatic rings. The van der Waals surface area contributed by atoms with Crippen molar-refractivity contribution in [1.29, 1.82) is 0 Å². The van der Waals surface area contributed by atoms with Crippen molar-refractivity contribution in [2.24, 2.45) is 9.98 Å². The second-order valence-electron chi connectivity index (χ2n) is 12.2. The molecule has 0 bridgehead atoms. The molecular formula is C41H58N2. The number of aryl methyl sites for hydroxylation is 3. The molecular weight excluding hydrogens is 520 g/mol. The highest BCUT2D eigenvalue weighted by Gasteiger charge is 2.14. The van der Waals surface area contributed by atoms with E-state index < -0.39 is 0 Å². The maximum Gasteiger partial charge on any atom is 0.0642 e. The molecule has 232 valence electrons. The predicted octanol–water partition coefficient (Wildman–Crippen LogP) is 12.8. The van der Waals surface area contributed by atoms with Crippen molar-refractivity contribution in [3.05, 3.63) is 82.9 Å². The van der Waals surface area contributed by atoms with Crippen molar-refractivity contribution in [1.82, 2.24) is 0 Å². The highest BCUT2D eigenvalue weighted by Crippen LogP contribution is 2.34. The smallest absolute Gasteiger partial charge is 0.0642 e. The zero-order valence-electron chi connectivity index (χ0n) is 28.3. The molecule has 0 aliphatic carbocycles. The van der Waals surface area contributed by atoms with E-state index in [1.807, 2.05) is 0 Å². The Morgan fingerprint density at radius 1 is 0.558 bits per heavy atom. The molecule has 0 saturated heterocycles. The van der Waals surface area contributed by atoms with E-state index in [9.17, 15) is 0 Å². The molecule has 0 spiro atoms. The van der Waals surface area contributed by atoms with Crippen LogP contribution in [0.5, 0.6) is 0 Å². The normalized spacial score (nSPS) is 12.2. The van der Waals surface area contributed by atoms with Gasteiger partial charge in [0.25, 0.3) is 0 Å². The summed E-state index contributed by atoms with van der Waals surface area (Å²) in [5.74, 6) is 0. The summed E-state index contributed by atoms with van der Waals surface area (Å²) >= 11 is 0. The first kappa shape index (κ1) is 34.5. The van der Waals surface area contributed by atoms with E-state index in [0.29, 0.717) is 0 Å². The minimum Gasteiger partial charge on any atom is -0.252 e. The molecule has 0 N–H and O–H groups in total. The van der Waals surface area contributed by atoms with Crippen molar-refractivity contribution in [2.75, 3.05) is 0 Å². The standard InChI is InChI=1S/C41H58N2/c1-7-12-16-18-22-34-27-33(21-13-8-2)28-37(29-34)43-41(11-5)32(6)42-38-30-36(23-14-9-3)39(26-15-10-4)40(31-38)35-24-19-17-20-25-35/h17,19-20,24-25,27-31H,7-16,18,21-23,26H2,1-6H3. The van der Waals surface area contributed by atoms with Crippen LogP contribution in [0.25, 0.3) is 11.1 Å². The van der Waals surface area contributed by atoms with E-state index in [2.05, 4.69) is 102 Å². The highest BCUT2D eigenvalue weighted by atomic mass is 14.8. The summed E-state index contributed by atoms with van der Waals surface area (Å²) in [4.78, 5) is 10.5. The second-order valence-corrected chi connectivity index (χ2v) is 12.2. The molecule has 3 rings (SSSR count). The Morgan fingerprint density at radius 3 is 1.81 bits per heavy atom. The van der Waals surface area contributed by atoms with Crippen LogP contribution in [-0.2, 0) is 25.7 Å². The lowest BCUT2D eigenvalue weighted by Crippen LogP contribution is -2.09. The lowest BCUT2D eigenvalue weighted by Gasteiger charge is -2.17. The fourth-order valence-corrected chi connectivity index (χ4v) is 5.96. The van der Waals surface area contributed by atoms with Crippen LogP contribution in [0.4, 0.5) is 11.4 Å². The topological polar surface area (TPSA) is 24.7 Å². The molecule has 0 atom stereocenters. The maximum absolute atomic E-state index is 5.25. The van der Waals surface area contributed by atoms with E-state index >= 15 is 0 Å². The van der Waals surface area contributed by atoms with Gasteiger partial charge in [0.15, 0.2) is 0 Å². The molecule has 0 amide bonds. The van der Waals surface area contributed by atoms with Crippen molar-refractivity contribution >= 4 is 22.8 Å². The first-order chi connectivity index (χ1) is 21.0. The van der Waals surface area contributed by atoms with Gasteiger partial charge in [-0.05, 0) is 122 Å². The fourth-order valence-electron chi connectivity index (χ4n) is 5.96.